The van der Waals surface area contributed by atoms with Crippen molar-refractivity contribution in [2.75, 3.05) is 18.0 Å². The number of carbonyl (C=O) groups is 1. The van der Waals surface area contributed by atoms with Crippen LogP contribution in [0, 0.1) is 12.7 Å². The summed E-state index contributed by atoms with van der Waals surface area (Å²) >= 11 is 0. The van der Waals surface area contributed by atoms with Crippen LogP contribution < -0.4 is 10.6 Å². The third kappa shape index (κ3) is 3.30. The number of rotatable bonds is 4. The summed E-state index contributed by atoms with van der Waals surface area (Å²) in [5.41, 5.74) is 10.9. The zero-order valence-corrected chi connectivity index (χ0v) is 17.0. The lowest BCUT2D eigenvalue weighted by molar-refractivity contribution is 0.0995. The highest BCUT2D eigenvalue weighted by molar-refractivity contribution is 5.95. The number of H-pyrrole nitrogens is 1. The SMILES string of the molecule is Cc1ccc(F)c2[nH]c(-c3cncc(-c4ccnc(C(N)=O)c4)c3N3CCCC3)nc12. The summed E-state index contributed by atoms with van der Waals surface area (Å²) in [6.45, 7) is 3.70. The first-order valence-electron chi connectivity index (χ1n) is 10.2. The molecule has 7 nitrogen and oxygen atoms in total. The van der Waals surface area contributed by atoms with Crippen LogP contribution in [0.1, 0.15) is 28.9 Å². The molecular weight excluding hydrogens is 395 g/mol. The van der Waals surface area contributed by atoms with Crippen molar-refractivity contribution in [1.29, 1.82) is 0 Å². The number of amides is 1. The normalized spacial score (nSPS) is 13.8. The Bertz CT molecular complexity index is 1270. The molecule has 1 saturated heterocycles. The molecule has 4 aromatic rings. The van der Waals surface area contributed by atoms with E-state index in [-0.39, 0.29) is 11.5 Å². The Hall–Kier alpha value is -3.81. The van der Waals surface area contributed by atoms with Gasteiger partial charge in [0.15, 0.2) is 0 Å². The molecule has 0 unspecified atom stereocenters. The van der Waals surface area contributed by atoms with Crippen molar-refractivity contribution in [3.63, 3.8) is 0 Å². The fraction of sp³-hybridized carbons (Fsp3) is 0.217. The van der Waals surface area contributed by atoms with Gasteiger partial charge in [0.25, 0.3) is 5.91 Å². The van der Waals surface area contributed by atoms with Crippen molar-refractivity contribution in [3.8, 4) is 22.5 Å². The number of carbonyl (C=O) groups excluding carboxylic acids is 1. The summed E-state index contributed by atoms with van der Waals surface area (Å²) < 4.78 is 14.4. The number of hydrogen-bond donors (Lipinski definition) is 2. The molecule has 5 rings (SSSR count). The quantitative estimate of drug-likeness (QED) is 0.527. The minimum atomic E-state index is -0.586. The van der Waals surface area contributed by atoms with Gasteiger partial charge in [-0.25, -0.2) is 9.37 Å². The lowest BCUT2D eigenvalue weighted by Crippen LogP contribution is -2.20. The van der Waals surface area contributed by atoms with Crippen LogP contribution in [0.2, 0.25) is 0 Å². The number of nitrogens with one attached hydrogen (secondary N) is 1. The molecule has 1 aliphatic rings. The number of aromatic amines is 1. The van der Waals surface area contributed by atoms with E-state index < -0.39 is 5.91 Å². The van der Waals surface area contributed by atoms with E-state index >= 15 is 0 Å². The molecule has 1 amide bonds. The van der Waals surface area contributed by atoms with Gasteiger partial charge in [-0.1, -0.05) is 6.07 Å². The van der Waals surface area contributed by atoms with Gasteiger partial charge in [-0.05, 0) is 49.1 Å². The summed E-state index contributed by atoms with van der Waals surface area (Å²) in [6.07, 6.45) is 7.25. The van der Waals surface area contributed by atoms with Crippen LogP contribution in [-0.2, 0) is 0 Å². The van der Waals surface area contributed by atoms with Crippen LogP contribution in [0.3, 0.4) is 0 Å². The topological polar surface area (TPSA) is 101 Å². The zero-order chi connectivity index (χ0) is 21.5. The average molecular weight is 416 g/mol. The first-order chi connectivity index (χ1) is 15.0. The maximum Gasteiger partial charge on any atom is 0.267 e. The first kappa shape index (κ1) is 19.2. The highest BCUT2D eigenvalue weighted by Gasteiger charge is 2.24. The number of aryl methyl sites for hydroxylation is 1. The number of hydrogen-bond acceptors (Lipinski definition) is 5. The lowest BCUT2D eigenvalue weighted by Gasteiger charge is -2.24. The van der Waals surface area contributed by atoms with E-state index in [1.165, 1.54) is 6.07 Å². The van der Waals surface area contributed by atoms with Crippen LogP contribution in [0.25, 0.3) is 33.5 Å². The van der Waals surface area contributed by atoms with Gasteiger partial charge in [-0.2, -0.15) is 0 Å². The van der Waals surface area contributed by atoms with Gasteiger partial charge in [-0.3, -0.25) is 14.8 Å². The predicted octanol–water partition coefficient (Wildman–Crippen LogP) is 3.83. The molecule has 0 radical (unpaired) electrons. The maximum atomic E-state index is 14.4. The number of nitrogens with zero attached hydrogens (tertiary/aromatic N) is 4. The molecule has 1 aliphatic heterocycles. The van der Waals surface area contributed by atoms with Crippen LogP contribution in [0.5, 0.6) is 0 Å². The van der Waals surface area contributed by atoms with Crippen LogP contribution >= 0.6 is 0 Å². The van der Waals surface area contributed by atoms with E-state index in [1.54, 1.807) is 30.7 Å². The monoisotopic (exact) mass is 416 g/mol. The molecule has 3 aromatic heterocycles. The minimum Gasteiger partial charge on any atom is -0.370 e. The molecule has 156 valence electrons. The number of pyridine rings is 2. The van der Waals surface area contributed by atoms with E-state index in [9.17, 15) is 9.18 Å². The fourth-order valence-electron chi connectivity index (χ4n) is 4.17. The van der Waals surface area contributed by atoms with Gasteiger partial charge in [0, 0.05) is 37.2 Å². The smallest absolute Gasteiger partial charge is 0.267 e. The van der Waals surface area contributed by atoms with Gasteiger partial charge < -0.3 is 15.6 Å². The van der Waals surface area contributed by atoms with Crippen molar-refractivity contribution in [3.05, 3.63) is 59.9 Å². The van der Waals surface area contributed by atoms with Crippen LogP contribution in [-0.4, -0.2) is 38.9 Å². The van der Waals surface area contributed by atoms with Gasteiger partial charge in [0.2, 0.25) is 0 Å². The number of anilines is 1. The lowest BCUT2D eigenvalue weighted by atomic mass is 10.0. The van der Waals surface area contributed by atoms with Gasteiger partial charge in [0.1, 0.15) is 22.9 Å². The van der Waals surface area contributed by atoms with E-state index in [4.69, 9.17) is 10.7 Å². The molecule has 0 atom stereocenters. The zero-order valence-electron chi connectivity index (χ0n) is 17.0. The summed E-state index contributed by atoms with van der Waals surface area (Å²) in [5, 5.41) is 0. The number of nitrogens with two attached hydrogens (primary N) is 1. The molecular formula is C23H21FN6O. The Labute approximate surface area is 178 Å². The summed E-state index contributed by atoms with van der Waals surface area (Å²) in [6, 6.07) is 6.67. The third-order valence-electron chi connectivity index (χ3n) is 5.71. The van der Waals surface area contributed by atoms with E-state index in [1.807, 2.05) is 13.0 Å². The Morgan fingerprint density at radius 3 is 2.68 bits per heavy atom. The number of aromatic nitrogens is 4. The Morgan fingerprint density at radius 1 is 1.16 bits per heavy atom. The predicted molar refractivity (Wildman–Crippen MR) is 117 cm³/mol. The molecule has 0 bridgehead atoms. The number of imidazole rings is 1. The second kappa shape index (κ2) is 7.46. The average Bonchev–Trinajstić information content (AvgIpc) is 3.47. The second-order valence-electron chi connectivity index (χ2n) is 7.74. The van der Waals surface area contributed by atoms with E-state index in [2.05, 4.69) is 19.9 Å². The maximum absolute atomic E-state index is 14.4. The van der Waals surface area contributed by atoms with E-state index in [0.29, 0.717) is 16.9 Å². The summed E-state index contributed by atoms with van der Waals surface area (Å²) in [4.78, 5) is 30.3. The third-order valence-corrected chi connectivity index (χ3v) is 5.71. The highest BCUT2D eigenvalue weighted by atomic mass is 19.1. The van der Waals surface area contributed by atoms with Crippen molar-refractivity contribution in [2.24, 2.45) is 5.73 Å². The fourth-order valence-corrected chi connectivity index (χ4v) is 4.17. The molecule has 3 N–H and O–H groups in total. The van der Waals surface area contributed by atoms with Gasteiger partial charge in [0.05, 0.1) is 16.8 Å². The molecule has 0 saturated carbocycles. The number of benzene rings is 1. The van der Waals surface area contributed by atoms with Crippen LogP contribution in [0.15, 0.2) is 42.9 Å². The van der Waals surface area contributed by atoms with Crippen molar-refractivity contribution < 1.29 is 9.18 Å². The van der Waals surface area contributed by atoms with Gasteiger partial charge >= 0.3 is 0 Å². The second-order valence-corrected chi connectivity index (χ2v) is 7.74. The molecule has 1 aromatic carbocycles. The Morgan fingerprint density at radius 2 is 1.94 bits per heavy atom. The number of halogens is 1. The van der Waals surface area contributed by atoms with Gasteiger partial charge in [-0.15, -0.1) is 0 Å². The Balaban J connectivity index is 1.75. The molecule has 31 heavy (non-hydrogen) atoms. The standard InChI is InChI=1S/C23H21FN6O/c1-13-4-5-17(24)20-19(13)28-23(29-20)16-12-26-11-15(21(16)30-8-2-3-9-30)14-6-7-27-18(10-14)22(25)31/h4-7,10-12H,2-3,8-9H2,1H3,(H2,25,31)(H,28,29). The number of fused-ring (bicyclic) bond motifs is 1. The van der Waals surface area contributed by atoms with E-state index in [0.717, 1.165) is 53.9 Å². The summed E-state index contributed by atoms with van der Waals surface area (Å²) in [7, 11) is 0. The number of primary amides is 1. The van der Waals surface area contributed by atoms with Crippen molar-refractivity contribution in [1.82, 2.24) is 19.9 Å². The molecule has 0 aliphatic carbocycles. The van der Waals surface area contributed by atoms with Crippen molar-refractivity contribution in [2.45, 2.75) is 19.8 Å². The molecule has 8 heteroatoms. The van der Waals surface area contributed by atoms with Crippen molar-refractivity contribution >= 4 is 22.6 Å². The van der Waals surface area contributed by atoms with Crippen LogP contribution in [0.4, 0.5) is 10.1 Å². The molecule has 1 fully saturated rings. The Kier molecular flexibility index (Phi) is 4.62. The largest absolute Gasteiger partial charge is 0.370 e. The summed E-state index contributed by atoms with van der Waals surface area (Å²) in [5.74, 6) is -0.369. The highest BCUT2D eigenvalue weighted by Crippen LogP contribution is 2.40. The molecule has 0 spiro atoms. The molecule has 4 heterocycles. The first-order valence-corrected chi connectivity index (χ1v) is 10.2. The minimum absolute atomic E-state index is 0.191.